The van der Waals surface area contributed by atoms with Gasteiger partial charge in [-0.3, -0.25) is 9.20 Å². The van der Waals surface area contributed by atoms with Crippen LogP contribution in [0.25, 0.3) is 38.2 Å². The smallest absolute Gasteiger partial charge is 0.265 e. The fourth-order valence-corrected chi connectivity index (χ4v) is 5.91. The van der Waals surface area contributed by atoms with Gasteiger partial charge in [0.15, 0.2) is 5.65 Å². The molecule has 0 aliphatic rings. The molecule has 40 heavy (non-hydrogen) atoms. The monoisotopic (exact) mass is 575 g/mol. The molecule has 5 aromatic heterocycles. The second-order valence-electron chi connectivity index (χ2n) is 9.50. The molecule has 0 aliphatic carbocycles. The summed E-state index contributed by atoms with van der Waals surface area (Å²) in [6.45, 7) is 5.75. The lowest BCUT2D eigenvalue weighted by atomic mass is 9.97. The van der Waals surface area contributed by atoms with E-state index in [9.17, 15) is 9.18 Å². The van der Waals surface area contributed by atoms with Crippen molar-refractivity contribution in [3.05, 3.63) is 87.3 Å². The van der Waals surface area contributed by atoms with Gasteiger partial charge in [-0.05, 0) is 56.2 Å². The molecule has 5 heterocycles. The number of aromatic nitrogens is 6. The van der Waals surface area contributed by atoms with E-state index in [0.29, 0.717) is 49.7 Å². The Labute approximate surface area is 236 Å². The van der Waals surface area contributed by atoms with Crippen molar-refractivity contribution in [2.75, 3.05) is 5.73 Å². The minimum Gasteiger partial charge on any atom is -0.475 e. The van der Waals surface area contributed by atoms with Gasteiger partial charge in [-0.15, -0.1) is 11.3 Å². The lowest BCUT2D eigenvalue weighted by Crippen LogP contribution is -2.20. The van der Waals surface area contributed by atoms with Gasteiger partial charge >= 0.3 is 0 Å². The third-order valence-electron chi connectivity index (χ3n) is 6.51. The number of nitrogens with two attached hydrogens (primary N) is 1. The van der Waals surface area contributed by atoms with E-state index in [1.807, 2.05) is 32.9 Å². The highest BCUT2D eigenvalue weighted by Gasteiger charge is 2.26. The number of rotatable bonds is 6. The van der Waals surface area contributed by atoms with Crippen molar-refractivity contribution in [3.8, 4) is 28.3 Å². The van der Waals surface area contributed by atoms with E-state index >= 15 is 0 Å². The van der Waals surface area contributed by atoms with Gasteiger partial charge in [0.2, 0.25) is 5.88 Å². The van der Waals surface area contributed by atoms with Crippen molar-refractivity contribution >= 4 is 44.6 Å². The Balaban J connectivity index is 1.57. The molecule has 12 heteroatoms. The SMILES string of the molecule is CC(C)Oc1ccc(-c2nn([C@@H](C)c3cc4scc(Cl)n4c(=O)c3-c3cccc(F)c3)c3ncnc(N)c23)cn1. The summed E-state index contributed by atoms with van der Waals surface area (Å²) in [4.78, 5) is 27.5. The van der Waals surface area contributed by atoms with E-state index in [0.717, 1.165) is 0 Å². The number of hydrogen-bond acceptors (Lipinski definition) is 8. The van der Waals surface area contributed by atoms with Crippen LogP contribution >= 0.6 is 22.9 Å². The average molecular weight is 576 g/mol. The molecule has 0 spiro atoms. The molecule has 0 saturated heterocycles. The molecule has 0 amide bonds. The third kappa shape index (κ3) is 4.37. The number of anilines is 1. The van der Waals surface area contributed by atoms with Crippen LogP contribution in [0, 0.1) is 5.82 Å². The predicted molar refractivity (Wildman–Crippen MR) is 154 cm³/mol. The Morgan fingerprint density at radius 3 is 2.62 bits per heavy atom. The molecule has 202 valence electrons. The summed E-state index contributed by atoms with van der Waals surface area (Å²) < 4.78 is 23.1. The maximum atomic E-state index is 14.3. The van der Waals surface area contributed by atoms with Crippen molar-refractivity contribution in [3.63, 3.8) is 0 Å². The first kappa shape index (κ1) is 25.9. The number of ether oxygens (including phenoxy) is 1. The van der Waals surface area contributed by atoms with Gasteiger partial charge in [-0.1, -0.05) is 23.7 Å². The number of nitrogen functional groups attached to an aromatic ring is 1. The van der Waals surface area contributed by atoms with Crippen molar-refractivity contribution < 1.29 is 9.13 Å². The van der Waals surface area contributed by atoms with Gasteiger partial charge in [-0.25, -0.2) is 24.0 Å². The van der Waals surface area contributed by atoms with Gasteiger partial charge < -0.3 is 10.5 Å². The predicted octanol–water partition coefficient (Wildman–Crippen LogP) is 6.00. The fourth-order valence-electron chi connectivity index (χ4n) is 4.75. The summed E-state index contributed by atoms with van der Waals surface area (Å²) in [6.07, 6.45) is 3.01. The van der Waals surface area contributed by atoms with Crippen LogP contribution in [-0.2, 0) is 0 Å². The molecule has 0 unspecified atom stereocenters. The summed E-state index contributed by atoms with van der Waals surface area (Å²) in [7, 11) is 0. The lowest BCUT2D eigenvalue weighted by molar-refractivity contribution is 0.232. The minimum absolute atomic E-state index is 0.0183. The normalized spacial score (nSPS) is 12.4. The molecule has 9 nitrogen and oxygen atoms in total. The zero-order valence-corrected chi connectivity index (χ0v) is 23.2. The van der Waals surface area contributed by atoms with Gasteiger partial charge in [0.25, 0.3) is 5.56 Å². The lowest BCUT2D eigenvalue weighted by Gasteiger charge is -2.18. The number of fused-ring (bicyclic) bond motifs is 2. The number of halogens is 2. The molecule has 2 N–H and O–H groups in total. The zero-order valence-electron chi connectivity index (χ0n) is 21.7. The first-order valence-electron chi connectivity index (χ1n) is 12.4. The van der Waals surface area contributed by atoms with Gasteiger partial charge in [0, 0.05) is 23.2 Å². The fraction of sp³-hybridized carbons (Fsp3) is 0.179. The number of benzene rings is 1. The van der Waals surface area contributed by atoms with Crippen LogP contribution in [0.3, 0.4) is 0 Å². The molecule has 6 rings (SSSR count). The van der Waals surface area contributed by atoms with Crippen molar-refractivity contribution in [1.29, 1.82) is 0 Å². The largest absolute Gasteiger partial charge is 0.475 e. The highest BCUT2D eigenvalue weighted by Crippen LogP contribution is 2.36. The molecule has 0 saturated carbocycles. The van der Waals surface area contributed by atoms with E-state index in [-0.39, 0.29) is 22.6 Å². The molecule has 1 aromatic carbocycles. The van der Waals surface area contributed by atoms with E-state index in [1.54, 1.807) is 34.5 Å². The summed E-state index contributed by atoms with van der Waals surface area (Å²) in [5, 5.41) is 7.43. The van der Waals surface area contributed by atoms with Crippen LogP contribution < -0.4 is 16.0 Å². The van der Waals surface area contributed by atoms with Gasteiger partial charge in [0.05, 0.1) is 23.1 Å². The molecular weight excluding hydrogens is 553 g/mol. The summed E-state index contributed by atoms with van der Waals surface area (Å²) >= 11 is 7.70. The van der Waals surface area contributed by atoms with Crippen LogP contribution in [-0.4, -0.2) is 35.2 Å². The number of nitrogens with zero attached hydrogens (tertiary/aromatic N) is 6. The van der Waals surface area contributed by atoms with Crippen molar-refractivity contribution in [1.82, 2.24) is 29.1 Å². The Hall–Kier alpha value is -4.35. The second-order valence-corrected chi connectivity index (χ2v) is 10.8. The second kappa shape index (κ2) is 10.00. The molecule has 6 aromatic rings. The van der Waals surface area contributed by atoms with Crippen LogP contribution in [0.5, 0.6) is 5.88 Å². The Morgan fingerprint density at radius 2 is 1.90 bits per heavy atom. The van der Waals surface area contributed by atoms with Crippen LogP contribution in [0.2, 0.25) is 5.15 Å². The van der Waals surface area contributed by atoms with E-state index in [4.69, 9.17) is 27.2 Å². The minimum atomic E-state index is -0.515. The highest BCUT2D eigenvalue weighted by atomic mass is 35.5. The summed E-state index contributed by atoms with van der Waals surface area (Å²) in [6, 6.07) is 10.9. The third-order valence-corrected chi connectivity index (χ3v) is 7.80. The molecule has 0 bridgehead atoms. The quantitative estimate of drug-likeness (QED) is 0.259. The van der Waals surface area contributed by atoms with Crippen LogP contribution in [0.4, 0.5) is 10.2 Å². The van der Waals surface area contributed by atoms with Crippen molar-refractivity contribution in [2.24, 2.45) is 0 Å². The molecular formula is C28H23ClFN7O2S. The molecule has 0 aliphatic heterocycles. The van der Waals surface area contributed by atoms with Crippen LogP contribution in [0.1, 0.15) is 32.4 Å². The van der Waals surface area contributed by atoms with Gasteiger partial charge in [-0.2, -0.15) is 5.10 Å². The molecule has 1 atom stereocenters. The first-order valence-corrected chi connectivity index (χ1v) is 13.7. The summed E-state index contributed by atoms with van der Waals surface area (Å²) in [5.74, 6) is 0.289. The highest BCUT2D eigenvalue weighted by molar-refractivity contribution is 7.16. The average Bonchev–Trinajstić information content (AvgIpc) is 3.50. The zero-order chi connectivity index (χ0) is 28.1. The summed E-state index contributed by atoms with van der Waals surface area (Å²) in [5.41, 5.74) is 9.05. The maximum absolute atomic E-state index is 14.3. The Bertz CT molecular complexity index is 1950. The molecule has 0 fully saturated rings. The number of hydrogen-bond donors (Lipinski definition) is 1. The van der Waals surface area contributed by atoms with E-state index in [2.05, 4.69) is 15.0 Å². The molecule has 0 radical (unpaired) electrons. The number of pyridine rings is 2. The van der Waals surface area contributed by atoms with Crippen LogP contribution in [0.15, 0.2) is 65.2 Å². The first-order chi connectivity index (χ1) is 19.2. The Morgan fingerprint density at radius 1 is 1.07 bits per heavy atom. The van der Waals surface area contributed by atoms with E-state index < -0.39 is 11.9 Å². The van der Waals surface area contributed by atoms with Crippen molar-refractivity contribution in [2.45, 2.75) is 32.9 Å². The maximum Gasteiger partial charge on any atom is 0.265 e. The Kier molecular flexibility index (Phi) is 6.47. The van der Waals surface area contributed by atoms with Gasteiger partial charge in [0.1, 0.15) is 33.6 Å². The number of thiazole rings is 1. The standard InChI is InChI=1S/C28H23ClFN7O2S/c1-14(2)39-21-8-7-17(11-32-21)25-24-26(31)33-13-34-27(24)37(35-25)15(3)19-10-22-36(20(29)12-40-22)28(38)23(19)16-5-4-6-18(30)9-16/h4-15H,1-3H3,(H2,31,33,34)/t15-/m0/s1. The van der Waals surface area contributed by atoms with E-state index in [1.165, 1.54) is 34.2 Å². The topological polar surface area (TPSA) is 113 Å².